The summed E-state index contributed by atoms with van der Waals surface area (Å²) in [5.41, 5.74) is 0.408. The third-order valence-electron chi connectivity index (χ3n) is 2.00. The van der Waals surface area contributed by atoms with E-state index in [0.29, 0.717) is 5.56 Å². The molecule has 16 heavy (non-hydrogen) atoms. The van der Waals surface area contributed by atoms with Crippen LogP contribution in [-0.4, -0.2) is 17.7 Å². The minimum atomic E-state index is -0.648. The van der Waals surface area contributed by atoms with Gasteiger partial charge in [-0.2, -0.15) is 5.26 Å². The minimum absolute atomic E-state index is 0.0411. The lowest BCUT2D eigenvalue weighted by Crippen LogP contribution is -2.10. The van der Waals surface area contributed by atoms with E-state index in [-0.39, 0.29) is 29.4 Å². The van der Waals surface area contributed by atoms with Crippen LogP contribution in [0.3, 0.4) is 0 Å². The monoisotopic (exact) mass is 239 g/mol. The number of hydrogen-bond acceptors (Lipinski definition) is 4. The zero-order chi connectivity index (χ0) is 12.1. The Bertz CT molecular complexity index is 451. The number of phenolic OH excluding ortho intramolecular Hbond substituents is 1. The molecule has 4 nitrogen and oxygen atoms in total. The summed E-state index contributed by atoms with van der Waals surface area (Å²) >= 11 is 5.66. The maximum absolute atomic E-state index is 11.6. The van der Waals surface area contributed by atoms with Crippen molar-refractivity contribution in [1.82, 2.24) is 0 Å². The van der Waals surface area contributed by atoms with E-state index in [2.05, 4.69) is 0 Å². The summed E-state index contributed by atoms with van der Waals surface area (Å²) < 4.78 is 4.81. The molecule has 1 aromatic carbocycles. The summed E-state index contributed by atoms with van der Waals surface area (Å²) in [4.78, 5) is 11.6. The number of carbonyl (C=O) groups is 1. The molecule has 1 N–H and O–H groups in total. The molecule has 0 spiro atoms. The number of halogens is 1. The second-order valence-corrected chi connectivity index (χ2v) is 3.23. The van der Waals surface area contributed by atoms with Crippen molar-refractivity contribution in [2.24, 2.45) is 0 Å². The molecule has 0 heterocycles. The number of esters is 1. The normalized spacial score (nSPS) is 9.56. The molecule has 0 atom stereocenters. The van der Waals surface area contributed by atoms with Gasteiger partial charge in [-0.25, -0.2) is 4.79 Å². The lowest BCUT2D eigenvalue weighted by Gasteiger charge is -2.09. The Morgan fingerprint density at radius 3 is 2.81 bits per heavy atom. The first-order chi connectivity index (χ1) is 7.65. The van der Waals surface area contributed by atoms with Gasteiger partial charge in [0.1, 0.15) is 17.4 Å². The van der Waals surface area contributed by atoms with Gasteiger partial charge in [-0.3, -0.25) is 0 Å². The molecule has 0 bridgehead atoms. The van der Waals surface area contributed by atoms with Gasteiger partial charge in [-0.15, -0.1) is 11.6 Å². The van der Waals surface area contributed by atoms with Crippen LogP contribution in [0.2, 0.25) is 0 Å². The maximum Gasteiger partial charge on any atom is 0.339 e. The van der Waals surface area contributed by atoms with E-state index in [0.717, 1.165) is 0 Å². The van der Waals surface area contributed by atoms with Crippen molar-refractivity contribution >= 4 is 17.6 Å². The van der Waals surface area contributed by atoms with Gasteiger partial charge in [-0.05, 0) is 18.6 Å². The maximum atomic E-state index is 11.6. The van der Waals surface area contributed by atoms with E-state index in [1.807, 2.05) is 0 Å². The average molecular weight is 240 g/mol. The van der Waals surface area contributed by atoms with Crippen molar-refractivity contribution < 1.29 is 14.6 Å². The number of nitrogens with zero attached hydrogens (tertiary/aromatic N) is 1. The lowest BCUT2D eigenvalue weighted by molar-refractivity contribution is 0.0524. The lowest BCUT2D eigenvalue weighted by atomic mass is 10.0. The van der Waals surface area contributed by atoms with Gasteiger partial charge < -0.3 is 9.84 Å². The van der Waals surface area contributed by atoms with Crippen LogP contribution in [0.5, 0.6) is 5.75 Å². The van der Waals surface area contributed by atoms with E-state index >= 15 is 0 Å². The summed E-state index contributed by atoms with van der Waals surface area (Å²) in [7, 11) is 0. The van der Waals surface area contributed by atoms with Crippen molar-refractivity contribution in [2.75, 3.05) is 6.61 Å². The smallest absolute Gasteiger partial charge is 0.339 e. The molecule has 1 rings (SSSR count). The van der Waals surface area contributed by atoms with Crippen molar-refractivity contribution in [3.8, 4) is 11.8 Å². The molecule has 0 aromatic heterocycles. The van der Waals surface area contributed by atoms with E-state index in [1.54, 1.807) is 13.0 Å². The van der Waals surface area contributed by atoms with Gasteiger partial charge >= 0.3 is 5.97 Å². The van der Waals surface area contributed by atoms with Gasteiger partial charge in [0.15, 0.2) is 0 Å². The van der Waals surface area contributed by atoms with Crippen molar-refractivity contribution in [3.63, 3.8) is 0 Å². The Morgan fingerprint density at radius 2 is 2.31 bits per heavy atom. The Balaban J connectivity index is 3.37. The highest BCUT2D eigenvalue weighted by atomic mass is 35.5. The molecule has 0 saturated carbocycles. The topological polar surface area (TPSA) is 70.3 Å². The van der Waals surface area contributed by atoms with Crippen LogP contribution in [0.1, 0.15) is 28.4 Å². The van der Waals surface area contributed by atoms with Crippen LogP contribution in [0, 0.1) is 11.3 Å². The predicted molar refractivity (Wildman–Crippen MR) is 58.3 cm³/mol. The average Bonchev–Trinajstić information content (AvgIpc) is 2.28. The highest BCUT2D eigenvalue weighted by Gasteiger charge is 2.20. The Labute approximate surface area is 98.0 Å². The molecule has 0 amide bonds. The second kappa shape index (κ2) is 5.38. The zero-order valence-electron chi connectivity index (χ0n) is 8.66. The molecule has 0 saturated heterocycles. The molecular weight excluding hydrogens is 230 g/mol. The van der Waals surface area contributed by atoms with Gasteiger partial charge in [0.2, 0.25) is 0 Å². The summed E-state index contributed by atoms with van der Waals surface area (Å²) in [6, 6.07) is 4.60. The third kappa shape index (κ3) is 2.26. The van der Waals surface area contributed by atoms with Crippen LogP contribution in [0.4, 0.5) is 0 Å². The van der Waals surface area contributed by atoms with Crippen molar-refractivity contribution in [1.29, 1.82) is 5.26 Å². The second-order valence-electron chi connectivity index (χ2n) is 2.96. The largest absolute Gasteiger partial charge is 0.507 e. The molecule has 0 aliphatic heterocycles. The van der Waals surface area contributed by atoms with Crippen molar-refractivity contribution in [3.05, 3.63) is 28.8 Å². The van der Waals surface area contributed by atoms with Gasteiger partial charge in [0.05, 0.1) is 12.2 Å². The molecule has 84 valence electrons. The number of benzene rings is 1. The molecule has 0 aliphatic carbocycles. The first-order valence-electron chi connectivity index (χ1n) is 4.63. The summed E-state index contributed by atoms with van der Waals surface area (Å²) in [6.45, 7) is 1.86. The Kier molecular flexibility index (Phi) is 4.15. The number of hydrogen-bond donors (Lipinski definition) is 1. The summed E-state index contributed by atoms with van der Waals surface area (Å²) in [5.74, 6) is -0.826. The summed E-state index contributed by atoms with van der Waals surface area (Å²) in [6.07, 6.45) is 0. The standard InChI is InChI=1S/C11H10ClNO3/c1-2-16-11(15)10-7(5-12)3-4-9(14)8(10)6-13/h3-4,14H,2,5H2,1H3. The van der Waals surface area contributed by atoms with E-state index in [9.17, 15) is 9.90 Å². The summed E-state index contributed by atoms with van der Waals surface area (Å²) in [5, 5.41) is 18.3. The van der Waals surface area contributed by atoms with Gasteiger partial charge in [0.25, 0.3) is 0 Å². The Hall–Kier alpha value is -1.73. The van der Waals surface area contributed by atoms with Gasteiger partial charge in [-0.1, -0.05) is 6.07 Å². The molecule has 1 aromatic rings. The molecular formula is C11H10ClNO3. The fourth-order valence-corrected chi connectivity index (χ4v) is 1.52. The van der Waals surface area contributed by atoms with Crippen LogP contribution in [0.15, 0.2) is 12.1 Å². The number of carbonyl (C=O) groups excluding carboxylic acids is 1. The highest BCUT2D eigenvalue weighted by molar-refractivity contribution is 6.17. The van der Waals surface area contributed by atoms with E-state index < -0.39 is 5.97 Å². The fraction of sp³-hybridized carbons (Fsp3) is 0.273. The van der Waals surface area contributed by atoms with E-state index in [4.69, 9.17) is 21.6 Å². The Morgan fingerprint density at radius 1 is 1.62 bits per heavy atom. The number of phenols is 1. The quantitative estimate of drug-likeness (QED) is 0.648. The molecule has 0 radical (unpaired) electrons. The van der Waals surface area contributed by atoms with E-state index in [1.165, 1.54) is 12.1 Å². The molecule has 5 heteroatoms. The zero-order valence-corrected chi connectivity index (χ0v) is 9.41. The van der Waals surface area contributed by atoms with Crippen LogP contribution < -0.4 is 0 Å². The van der Waals surface area contributed by atoms with Crippen LogP contribution >= 0.6 is 11.6 Å². The van der Waals surface area contributed by atoms with Gasteiger partial charge in [0, 0.05) is 5.88 Å². The fourth-order valence-electron chi connectivity index (χ4n) is 1.30. The SMILES string of the molecule is CCOC(=O)c1c(CCl)ccc(O)c1C#N. The van der Waals surface area contributed by atoms with Crippen LogP contribution in [0.25, 0.3) is 0 Å². The first-order valence-corrected chi connectivity index (χ1v) is 5.17. The van der Waals surface area contributed by atoms with Crippen molar-refractivity contribution in [2.45, 2.75) is 12.8 Å². The predicted octanol–water partition coefficient (Wildman–Crippen LogP) is 2.18. The van der Waals surface area contributed by atoms with Crippen LogP contribution in [-0.2, 0) is 10.6 Å². The number of nitriles is 1. The number of rotatable bonds is 3. The number of alkyl halides is 1. The number of aromatic hydroxyl groups is 1. The molecule has 0 fully saturated rings. The highest BCUT2D eigenvalue weighted by Crippen LogP contribution is 2.25. The molecule has 0 aliphatic rings. The molecule has 0 unspecified atom stereocenters. The third-order valence-corrected chi connectivity index (χ3v) is 2.29. The number of ether oxygens (including phenoxy) is 1. The first kappa shape index (κ1) is 12.3. The minimum Gasteiger partial charge on any atom is -0.507 e.